The SMILES string of the molecule is CC(NC(=O)NCc1cccnc1N1CCOCC1)C1CC1. The minimum atomic E-state index is -0.101. The maximum atomic E-state index is 12.0. The molecule has 0 spiro atoms. The van der Waals surface area contributed by atoms with Gasteiger partial charge in [-0.3, -0.25) is 0 Å². The number of morpholine rings is 1. The second kappa shape index (κ2) is 6.96. The predicted octanol–water partition coefficient (Wildman–Crippen LogP) is 1.52. The van der Waals surface area contributed by atoms with Crippen molar-refractivity contribution in [2.24, 2.45) is 5.92 Å². The first kappa shape index (κ1) is 15.1. The zero-order valence-electron chi connectivity index (χ0n) is 13.0. The molecule has 2 N–H and O–H groups in total. The van der Waals surface area contributed by atoms with Crippen molar-refractivity contribution < 1.29 is 9.53 Å². The van der Waals surface area contributed by atoms with Crippen molar-refractivity contribution in [3.05, 3.63) is 23.9 Å². The lowest BCUT2D eigenvalue weighted by molar-refractivity contribution is 0.122. The number of rotatable bonds is 5. The Labute approximate surface area is 131 Å². The van der Waals surface area contributed by atoms with Crippen LogP contribution in [0.1, 0.15) is 25.3 Å². The quantitative estimate of drug-likeness (QED) is 0.865. The first-order valence-corrected chi connectivity index (χ1v) is 8.05. The van der Waals surface area contributed by atoms with Crippen LogP contribution in [0.15, 0.2) is 18.3 Å². The molecule has 22 heavy (non-hydrogen) atoms. The lowest BCUT2D eigenvalue weighted by atomic mass is 10.2. The highest BCUT2D eigenvalue weighted by atomic mass is 16.5. The van der Waals surface area contributed by atoms with E-state index in [4.69, 9.17) is 4.74 Å². The number of aromatic nitrogens is 1. The van der Waals surface area contributed by atoms with E-state index in [1.54, 1.807) is 6.20 Å². The fourth-order valence-electron chi connectivity index (χ4n) is 2.78. The highest BCUT2D eigenvalue weighted by Gasteiger charge is 2.28. The van der Waals surface area contributed by atoms with Crippen molar-refractivity contribution >= 4 is 11.8 Å². The Bertz CT molecular complexity index is 513. The molecular formula is C16H24N4O2. The molecule has 1 saturated heterocycles. The van der Waals surface area contributed by atoms with Crippen molar-refractivity contribution in [1.29, 1.82) is 0 Å². The van der Waals surface area contributed by atoms with Crippen LogP contribution in [0.5, 0.6) is 0 Å². The summed E-state index contributed by atoms with van der Waals surface area (Å²) < 4.78 is 5.38. The molecule has 2 heterocycles. The van der Waals surface area contributed by atoms with Gasteiger partial charge in [-0.2, -0.15) is 0 Å². The number of urea groups is 1. The van der Waals surface area contributed by atoms with Crippen molar-refractivity contribution in [2.45, 2.75) is 32.4 Å². The van der Waals surface area contributed by atoms with Crippen molar-refractivity contribution in [2.75, 3.05) is 31.2 Å². The van der Waals surface area contributed by atoms with Gasteiger partial charge in [0.15, 0.2) is 0 Å². The number of nitrogens with zero attached hydrogens (tertiary/aromatic N) is 2. The van der Waals surface area contributed by atoms with E-state index >= 15 is 0 Å². The molecule has 0 radical (unpaired) electrons. The van der Waals surface area contributed by atoms with Gasteiger partial charge in [0.25, 0.3) is 0 Å². The van der Waals surface area contributed by atoms with Gasteiger partial charge >= 0.3 is 6.03 Å². The minimum Gasteiger partial charge on any atom is -0.378 e. The molecule has 1 aliphatic carbocycles. The number of pyridine rings is 1. The first-order chi connectivity index (χ1) is 10.7. The van der Waals surface area contributed by atoms with Crippen LogP contribution in [0, 0.1) is 5.92 Å². The molecule has 1 unspecified atom stereocenters. The second-order valence-corrected chi connectivity index (χ2v) is 6.04. The summed E-state index contributed by atoms with van der Waals surface area (Å²) in [5.41, 5.74) is 1.04. The topological polar surface area (TPSA) is 66.5 Å². The number of anilines is 1. The summed E-state index contributed by atoms with van der Waals surface area (Å²) in [4.78, 5) is 18.7. The van der Waals surface area contributed by atoms with Gasteiger partial charge in [0, 0.05) is 37.4 Å². The summed E-state index contributed by atoms with van der Waals surface area (Å²) in [6.07, 6.45) is 4.25. The molecule has 6 heteroatoms. The number of carbonyl (C=O) groups excluding carboxylic acids is 1. The molecule has 2 aliphatic rings. The number of nitrogens with one attached hydrogen (secondary N) is 2. The van der Waals surface area contributed by atoms with E-state index in [0.717, 1.165) is 37.7 Å². The van der Waals surface area contributed by atoms with E-state index in [1.165, 1.54) is 12.8 Å². The minimum absolute atomic E-state index is 0.101. The van der Waals surface area contributed by atoms with Crippen LogP contribution < -0.4 is 15.5 Å². The van der Waals surface area contributed by atoms with E-state index in [0.29, 0.717) is 12.5 Å². The zero-order valence-corrected chi connectivity index (χ0v) is 13.0. The summed E-state index contributed by atoms with van der Waals surface area (Å²) in [5.74, 6) is 1.61. The highest BCUT2D eigenvalue weighted by molar-refractivity contribution is 5.74. The van der Waals surface area contributed by atoms with Gasteiger partial charge in [-0.1, -0.05) is 6.07 Å². The Morgan fingerprint density at radius 3 is 2.95 bits per heavy atom. The van der Waals surface area contributed by atoms with Crippen LogP contribution in [0.25, 0.3) is 0 Å². The Morgan fingerprint density at radius 2 is 2.23 bits per heavy atom. The molecule has 0 aromatic carbocycles. The summed E-state index contributed by atoms with van der Waals surface area (Å²) in [5, 5.41) is 5.95. The summed E-state index contributed by atoms with van der Waals surface area (Å²) >= 11 is 0. The first-order valence-electron chi connectivity index (χ1n) is 8.05. The standard InChI is InChI=1S/C16H24N4O2/c1-12(13-4-5-13)19-16(21)18-11-14-3-2-6-17-15(14)20-7-9-22-10-8-20/h2-3,6,12-13H,4-5,7-11H2,1H3,(H2,18,19,21). The number of ether oxygens (including phenoxy) is 1. The Hall–Kier alpha value is -1.82. The number of amides is 2. The fraction of sp³-hybridized carbons (Fsp3) is 0.625. The molecule has 3 rings (SSSR count). The van der Waals surface area contributed by atoms with Crippen LogP contribution >= 0.6 is 0 Å². The molecule has 1 atom stereocenters. The Balaban J connectivity index is 1.56. The van der Waals surface area contributed by atoms with E-state index < -0.39 is 0 Å². The summed E-state index contributed by atoms with van der Waals surface area (Å²) in [6.45, 7) is 5.69. The monoisotopic (exact) mass is 304 g/mol. The maximum absolute atomic E-state index is 12.0. The molecule has 120 valence electrons. The fourth-order valence-corrected chi connectivity index (χ4v) is 2.78. The van der Waals surface area contributed by atoms with Crippen molar-refractivity contribution in [3.8, 4) is 0 Å². The third-order valence-corrected chi connectivity index (χ3v) is 4.31. The van der Waals surface area contributed by atoms with Gasteiger partial charge in [-0.15, -0.1) is 0 Å². The van der Waals surface area contributed by atoms with Crippen molar-refractivity contribution in [3.63, 3.8) is 0 Å². The average Bonchev–Trinajstić information content (AvgIpc) is 3.39. The molecule has 1 aromatic heterocycles. The third-order valence-electron chi connectivity index (χ3n) is 4.31. The third kappa shape index (κ3) is 3.88. The van der Waals surface area contributed by atoms with Gasteiger partial charge in [-0.25, -0.2) is 9.78 Å². The Kier molecular flexibility index (Phi) is 4.77. The van der Waals surface area contributed by atoms with Crippen LogP contribution in [-0.4, -0.2) is 43.4 Å². The molecular weight excluding hydrogens is 280 g/mol. The van der Waals surface area contributed by atoms with Crippen molar-refractivity contribution in [1.82, 2.24) is 15.6 Å². The molecule has 1 aromatic rings. The summed E-state index contributed by atoms with van der Waals surface area (Å²) in [7, 11) is 0. The normalized spacial score (nSPS) is 19.6. The molecule has 0 bridgehead atoms. The van der Waals surface area contributed by atoms with Gasteiger partial charge in [0.05, 0.1) is 13.2 Å². The van der Waals surface area contributed by atoms with Crippen LogP contribution in [0.2, 0.25) is 0 Å². The molecule has 2 fully saturated rings. The van der Waals surface area contributed by atoms with Gasteiger partial charge < -0.3 is 20.3 Å². The van der Waals surface area contributed by atoms with Crippen LogP contribution in [0.3, 0.4) is 0 Å². The lowest BCUT2D eigenvalue weighted by Gasteiger charge is -2.29. The van der Waals surface area contributed by atoms with E-state index in [1.807, 2.05) is 12.1 Å². The molecule has 1 aliphatic heterocycles. The second-order valence-electron chi connectivity index (χ2n) is 6.04. The smallest absolute Gasteiger partial charge is 0.315 e. The van der Waals surface area contributed by atoms with E-state index in [9.17, 15) is 4.79 Å². The van der Waals surface area contributed by atoms with E-state index in [2.05, 4.69) is 27.4 Å². The highest BCUT2D eigenvalue weighted by Crippen LogP contribution is 2.32. The van der Waals surface area contributed by atoms with Crippen LogP contribution in [0.4, 0.5) is 10.6 Å². The van der Waals surface area contributed by atoms with Gasteiger partial charge in [0.1, 0.15) is 5.82 Å². The molecule has 6 nitrogen and oxygen atoms in total. The maximum Gasteiger partial charge on any atom is 0.315 e. The largest absolute Gasteiger partial charge is 0.378 e. The zero-order chi connectivity index (χ0) is 15.4. The average molecular weight is 304 g/mol. The van der Waals surface area contributed by atoms with E-state index in [-0.39, 0.29) is 12.1 Å². The van der Waals surface area contributed by atoms with Crippen LogP contribution in [-0.2, 0) is 11.3 Å². The number of carbonyl (C=O) groups is 1. The predicted molar refractivity (Wildman–Crippen MR) is 84.8 cm³/mol. The molecule has 2 amide bonds. The lowest BCUT2D eigenvalue weighted by Crippen LogP contribution is -2.42. The number of hydrogen-bond donors (Lipinski definition) is 2. The number of hydrogen-bond acceptors (Lipinski definition) is 4. The Morgan fingerprint density at radius 1 is 1.45 bits per heavy atom. The van der Waals surface area contributed by atoms with Gasteiger partial charge in [0.2, 0.25) is 0 Å². The van der Waals surface area contributed by atoms with Gasteiger partial charge in [-0.05, 0) is 31.7 Å². The molecule has 1 saturated carbocycles. The summed E-state index contributed by atoms with van der Waals surface area (Å²) in [6, 6.07) is 4.08.